The van der Waals surface area contributed by atoms with Gasteiger partial charge in [-0.3, -0.25) is 19.2 Å². The zero-order chi connectivity index (χ0) is 22.9. The van der Waals surface area contributed by atoms with Crippen LogP contribution in [0.5, 0.6) is 5.75 Å². The van der Waals surface area contributed by atoms with Crippen LogP contribution in [0.2, 0.25) is 0 Å². The maximum absolute atomic E-state index is 12.7. The first kappa shape index (κ1) is 20.4. The monoisotopic (exact) mass is 441 g/mol. The summed E-state index contributed by atoms with van der Waals surface area (Å²) in [5.41, 5.74) is 2.16. The SMILES string of the molecule is O=C(CCN1C(=O)COc2ccccc21)Nc1cccc(N2C(=O)c3ccccc3C2=O)c1. The van der Waals surface area contributed by atoms with Crippen molar-refractivity contribution in [1.29, 1.82) is 0 Å². The summed E-state index contributed by atoms with van der Waals surface area (Å²) in [6.07, 6.45) is 0.0668. The number of rotatable bonds is 5. The molecule has 0 aliphatic carbocycles. The second-order valence-electron chi connectivity index (χ2n) is 7.64. The van der Waals surface area contributed by atoms with Crippen molar-refractivity contribution in [1.82, 2.24) is 0 Å². The predicted molar refractivity (Wildman–Crippen MR) is 122 cm³/mol. The number of amides is 4. The number of nitrogens with zero attached hydrogens (tertiary/aromatic N) is 2. The largest absolute Gasteiger partial charge is 0.482 e. The van der Waals surface area contributed by atoms with E-state index < -0.39 is 11.8 Å². The molecular weight excluding hydrogens is 422 g/mol. The Morgan fingerprint density at radius 3 is 2.33 bits per heavy atom. The van der Waals surface area contributed by atoms with Crippen LogP contribution in [0.3, 0.4) is 0 Å². The number of para-hydroxylation sites is 2. The van der Waals surface area contributed by atoms with Crippen LogP contribution in [0, 0.1) is 0 Å². The first-order valence-electron chi connectivity index (χ1n) is 10.4. The lowest BCUT2D eigenvalue weighted by molar-refractivity contribution is -0.121. The average molecular weight is 441 g/mol. The molecule has 0 atom stereocenters. The summed E-state index contributed by atoms with van der Waals surface area (Å²) in [5.74, 6) is -0.710. The van der Waals surface area contributed by atoms with Gasteiger partial charge in [-0.2, -0.15) is 0 Å². The molecule has 2 aliphatic rings. The van der Waals surface area contributed by atoms with Crippen LogP contribution >= 0.6 is 0 Å². The number of hydrogen-bond donors (Lipinski definition) is 1. The number of nitrogens with one attached hydrogen (secondary N) is 1. The van der Waals surface area contributed by atoms with E-state index in [0.29, 0.717) is 33.9 Å². The number of ether oxygens (including phenoxy) is 1. The van der Waals surface area contributed by atoms with Crippen molar-refractivity contribution in [3.63, 3.8) is 0 Å². The van der Waals surface area contributed by atoms with Gasteiger partial charge in [0.05, 0.1) is 22.5 Å². The van der Waals surface area contributed by atoms with Gasteiger partial charge >= 0.3 is 0 Å². The highest BCUT2D eigenvalue weighted by Crippen LogP contribution is 2.32. The van der Waals surface area contributed by atoms with Gasteiger partial charge in [-0.25, -0.2) is 4.90 Å². The van der Waals surface area contributed by atoms with E-state index in [0.717, 1.165) is 4.90 Å². The Labute approximate surface area is 189 Å². The Hall–Kier alpha value is -4.46. The van der Waals surface area contributed by atoms with E-state index in [-0.39, 0.29) is 31.4 Å². The highest BCUT2D eigenvalue weighted by atomic mass is 16.5. The fourth-order valence-corrected chi connectivity index (χ4v) is 3.98. The minimum Gasteiger partial charge on any atom is -0.482 e. The van der Waals surface area contributed by atoms with Crippen molar-refractivity contribution in [2.24, 2.45) is 0 Å². The van der Waals surface area contributed by atoms with Crippen LogP contribution in [0.15, 0.2) is 72.8 Å². The highest BCUT2D eigenvalue weighted by Gasteiger charge is 2.36. The molecule has 0 fully saturated rings. The molecule has 0 unspecified atom stereocenters. The molecule has 164 valence electrons. The van der Waals surface area contributed by atoms with Crippen molar-refractivity contribution >= 4 is 40.7 Å². The third-order valence-electron chi connectivity index (χ3n) is 5.55. The van der Waals surface area contributed by atoms with Crippen molar-refractivity contribution < 1.29 is 23.9 Å². The van der Waals surface area contributed by atoms with Crippen LogP contribution < -0.4 is 19.9 Å². The van der Waals surface area contributed by atoms with Crippen LogP contribution in [0.4, 0.5) is 17.1 Å². The maximum atomic E-state index is 12.7. The number of carbonyl (C=O) groups is 4. The summed E-state index contributed by atoms with van der Waals surface area (Å²) in [7, 11) is 0. The zero-order valence-electron chi connectivity index (χ0n) is 17.5. The molecule has 0 aromatic heterocycles. The van der Waals surface area contributed by atoms with Crippen LogP contribution in [-0.2, 0) is 9.59 Å². The summed E-state index contributed by atoms with van der Waals surface area (Å²) in [6.45, 7) is 0.129. The molecule has 0 saturated carbocycles. The molecule has 3 aromatic rings. The number of benzene rings is 3. The van der Waals surface area contributed by atoms with Crippen molar-refractivity contribution in [3.8, 4) is 5.75 Å². The third kappa shape index (κ3) is 3.71. The number of hydrogen-bond acceptors (Lipinski definition) is 5. The lowest BCUT2D eigenvalue weighted by atomic mass is 10.1. The van der Waals surface area contributed by atoms with Crippen molar-refractivity contribution in [2.45, 2.75) is 6.42 Å². The first-order valence-corrected chi connectivity index (χ1v) is 10.4. The van der Waals surface area contributed by atoms with Gasteiger partial charge < -0.3 is 15.0 Å². The highest BCUT2D eigenvalue weighted by molar-refractivity contribution is 6.34. The molecule has 0 spiro atoms. The summed E-state index contributed by atoms with van der Waals surface area (Å²) in [4.78, 5) is 52.9. The Kier molecular flexibility index (Phi) is 5.10. The van der Waals surface area contributed by atoms with Crippen LogP contribution in [-0.4, -0.2) is 36.8 Å². The molecule has 2 aliphatic heterocycles. The van der Waals surface area contributed by atoms with Gasteiger partial charge in [0.25, 0.3) is 17.7 Å². The smallest absolute Gasteiger partial charge is 0.266 e. The lowest BCUT2D eigenvalue weighted by Crippen LogP contribution is -2.40. The van der Waals surface area contributed by atoms with Gasteiger partial charge in [-0.1, -0.05) is 30.3 Å². The van der Waals surface area contributed by atoms with E-state index in [2.05, 4.69) is 5.32 Å². The van der Waals surface area contributed by atoms with Gasteiger partial charge in [0.2, 0.25) is 5.91 Å². The first-order chi connectivity index (χ1) is 16.0. The minimum atomic E-state index is -0.399. The molecule has 8 nitrogen and oxygen atoms in total. The molecule has 4 amide bonds. The Balaban J connectivity index is 1.27. The molecule has 5 rings (SSSR count). The molecule has 3 aromatic carbocycles. The van der Waals surface area contributed by atoms with Gasteiger partial charge in [0, 0.05) is 18.7 Å². The third-order valence-corrected chi connectivity index (χ3v) is 5.55. The average Bonchev–Trinajstić information content (AvgIpc) is 3.09. The summed E-state index contributed by atoms with van der Waals surface area (Å²) in [6, 6.07) is 20.4. The standard InChI is InChI=1S/C25H19N3O5/c29-22(12-13-27-20-10-3-4-11-21(20)33-15-23(27)30)26-16-6-5-7-17(14-16)28-24(31)18-8-1-2-9-19(18)25(28)32/h1-11,14H,12-13,15H2,(H,26,29). The Morgan fingerprint density at radius 1 is 0.879 bits per heavy atom. The molecule has 0 saturated heterocycles. The topological polar surface area (TPSA) is 96.0 Å². The van der Waals surface area contributed by atoms with E-state index in [4.69, 9.17) is 4.74 Å². The fourth-order valence-electron chi connectivity index (χ4n) is 3.98. The van der Waals surface area contributed by atoms with Crippen LogP contribution in [0.25, 0.3) is 0 Å². The second kappa shape index (κ2) is 8.23. The number of carbonyl (C=O) groups excluding carboxylic acids is 4. The molecule has 0 bridgehead atoms. The second-order valence-corrected chi connectivity index (χ2v) is 7.64. The summed E-state index contributed by atoms with van der Waals surface area (Å²) < 4.78 is 5.42. The quantitative estimate of drug-likeness (QED) is 0.614. The molecule has 2 heterocycles. The van der Waals surface area contributed by atoms with E-state index in [1.54, 1.807) is 66.7 Å². The maximum Gasteiger partial charge on any atom is 0.266 e. The molecule has 1 N–H and O–H groups in total. The van der Waals surface area contributed by atoms with Gasteiger partial charge in [0.15, 0.2) is 6.61 Å². The molecular formula is C25H19N3O5. The lowest BCUT2D eigenvalue weighted by Gasteiger charge is -2.29. The van der Waals surface area contributed by atoms with Gasteiger partial charge in [0.1, 0.15) is 5.75 Å². The van der Waals surface area contributed by atoms with E-state index in [1.807, 2.05) is 6.07 Å². The predicted octanol–water partition coefficient (Wildman–Crippen LogP) is 3.24. The van der Waals surface area contributed by atoms with E-state index in [1.165, 1.54) is 4.90 Å². The van der Waals surface area contributed by atoms with Crippen molar-refractivity contribution in [3.05, 3.63) is 83.9 Å². The molecule has 33 heavy (non-hydrogen) atoms. The minimum absolute atomic E-state index is 0.0668. The van der Waals surface area contributed by atoms with Crippen LogP contribution in [0.1, 0.15) is 27.1 Å². The summed E-state index contributed by atoms with van der Waals surface area (Å²) >= 11 is 0. The number of imide groups is 1. The van der Waals surface area contributed by atoms with Gasteiger partial charge in [-0.15, -0.1) is 0 Å². The normalized spacial score (nSPS) is 14.6. The number of anilines is 3. The van der Waals surface area contributed by atoms with E-state index >= 15 is 0 Å². The Bertz CT molecular complexity index is 1270. The van der Waals surface area contributed by atoms with E-state index in [9.17, 15) is 19.2 Å². The fraction of sp³-hybridized carbons (Fsp3) is 0.120. The molecule has 8 heteroatoms. The zero-order valence-corrected chi connectivity index (χ0v) is 17.5. The van der Waals surface area contributed by atoms with Gasteiger partial charge in [-0.05, 0) is 42.5 Å². The molecule has 0 radical (unpaired) electrons. The number of fused-ring (bicyclic) bond motifs is 2. The summed E-state index contributed by atoms with van der Waals surface area (Å²) in [5, 5.41) is 2.78. The van der Waals surface area contributed by atoms with Crippen molar-refractivity contribution in [2.75, 3.05) is 28.3 Å². The Morgan fingerprint density at radius 2 is 1.58 bits per heavy atom.